The van der Waals surface area contributed by atoms with E-state index in [1.54, 1.807) is 11.0 Å². The van der Waals surface area contributed by atoms with Crippen molar-refractivity contribution >= 4 is 28.8 Å². The number of halogens is 3. The van der Waals surface area contributed by atoms with Crippen molar-refractivity contribution in [2.45, 2.75) is 6.18 Å². The van der Waals surface area contributed by atoms with Crippen LogP contribution >= 0.6 is 11.3 Å². The molecule has 0 bridgehead atoms. The number of hydrogen-bond donors (Lipinski definition) is 1. The number of nitrogens with zero attached hydrogens (tertiary/aromatic N) is 5. The number of thiophene rings is 1. The molecule has 0 radical (unpaired) electrons. The van der Waals surface area contributed by atoms with Crippen LogP contribution < -0.4 is 5.32 Å². The number of hydrogen-bond acceptors (Lipinski definition) is 6. The third-order valence-electron chi connectivity index (χ3n) is 5.02. The number of nitrogens with one attached hydrogen (secondary N) is 1. The zero-order chi connectivity index (χ0) is 22.7. The molecule has 3 aromatic rings. The number of aromatic nitrogens is 3. The van der Waals surface area contributed by atoms with E-state index in [9.17, 15) is 22.8 Å². The van der Waals surface area contributed by atoms with Crippen molar-refractivity contribution in [3.05, 3.63) is 58.8 Å². The summed E-state index contributed by atoms with van der Waals surface area (Å²) in [5.41, 5.74) is -0.616. The molecule has 12 heteroatoms. The first-order chi connectivity index (χ1) is 15.3. The molecule has 4 rings (SSSR count). The maximum Gasteiger partial charge on any atom is 0.416 e. The van der Waals surface area contributed by atoms with E-state index in [0.717, 1.165) is 12.1 Å². The summed E-state index contributed by atoms with van der Waals surface area (Å²) in [5, 5.41) is 8.34. The Kier molecular flexibility index (Phi) is 6.24. The summed E-state index contributed by atoms with van der Waals surface area (Å²) in [7, 11) is 0. The van der Waals surface area contributed by atoms with E-state index >= 15 is 0 Å². The van der Waals surface area contributed by atoms with Gasteiger partial charge in [0, 0.05) is 26.2 Å². The van der Waals surface area contributed by atoms with Crippen LogP contribution in [0, 0.1) is 0 Å². The van der Waals surface area contributed by atoms with Gasteiger partial charge in [-0.05, 0) is 29.6 Å². The predicted octanol–water partition coefficient (Wildman–Crippen LogP) is 2.74. The minimum atomic E-state index is -4.55. The van der Waals surface area contributed by atoms with Gasteiger partial charge in [-0.3, -0.25) is 14.5 Å². The monoisotopic (exact) mass is 464 g/mol. The van der Waals surface area contributed by atoms with E-state index in [1.807, 2.05) is 16.3 Å². The van der Waals surface area contributed by atoms with Crippen LogP contribution in [0.25, 0.3) is 5.69 Å². The smallest absolute Gasteiger partial charge is 0.335 e. The van der Waals surface area contributed by atoms with Crippen molar-refractivity contribution in [3.63, 3.8) is 0 Å². The van der Waals surface area contributed by atoms with Crippen LogP contribution in [0.3, 0.4) is 0 Å². The Labute approximate surface area is 185 Å². The summed E-state index contributed by atoms with van der Waals surface area (Å²) in [5.74, 6) is -0.491. The summed E-state index contributed by atoms with van der Waals surface area (Å²) < 4.78 is 40.8. The number of benzene rings is 1. The van der Waals surface area contributed by atoms with Gasteiger partial charge in [0.2, 0.25) is 5.91 Å². The summed E-state index contributed by atoms with van der Waals surface area (Å²) >= 11 is 1.38. The lowest BCUT2D eigenvalue weighted by Gasteiger charge is -2.34. The molecule has 1 aliphatic heterocycles. The molecule has 0 aliphatic carbocycles. The Morgan fingerprint density at radius 2 is 1.91 bits per heavy atom. The molecule has 2 aromatic heterocycles. The summed E-state index contributed by atoms with van der Waals surface area (Å²) in [4.78, 5) is 33.1. The molecule has 1 aromatic carbocycles. The van der Waals surface area contributed by atoms with Gasteiger partial charge in [-0.15, -0.1) is 11.3 Å². The van der Waals surface area contributed by atoms with Crippen LogP contribution in [0.1, 0.15) is 15.2 Å². The molecule has 8 nitrogen and oxygen atoms in total. The molecule has 0 atom stereocenters. The van der Waals surface area contributed by atoms with Crippen molar-refractivity contribution in [1.29, 1.82) is 0 Å². The third kappa shape index (κ3) is 4.97. The Morgan fingerprint density at radius 3 is 2.53 bits per heavy atom. The molecule has 0 spiro atoms. The zero-order valence-electron chi connectivity index (χ0n) is 16.7. The number of anilines is 1. The highest BCUT2D eigenvalue weighted by atomic mass is 32.1. The average molecular weight is 464 g/mol. The number of alkyl halides is 3. The van der Waals surface area contributed by atoms with Crippen LogP contribution in [-0.2, 0) is 11.0 Å². The fourth-order valence-corrected chi connectivity index (χ4v) is 4.09. The molecule has 3 heterocycles. The Bertz CT molecular complexity index is 1080. The average Bonchev–Trinajstić information content (AvgIpc) is 3.47. The molecule has 1 N–H and O–H groups in total. The molecule has 2 amide bonds. The van der Waals surface area contributed by atoms with Gasteiger partial charge in [-0.2, -0.15) is 18.3 Å². The number of rotatable bonds is 5. The fraction of sp³-hybridized carbons (Fsp3) is 0.300. The second kappa shape index (κ2) is 9.09. The van der Waals surface area contributed by atoms with Crippen molar-refractivity contribution in [2.75, 3.05) is 38.0 Å². The predicted molar refractivity (Wildman–Crippen MR) is 112 cm³/mol. The van der Waals surface area contributed by atoms with E-state index in [2.05, 4.69) is 15.4 Å². The quantitative estimate of drug-likeness (QED) is 0.628. The van der Waals surface area contributed by atoms with Gasteiger partial charge in [-0.1, -0.05) is 6.07 Å². The second-order valence-corrected chi connectivity index (χ2v) is 8.11. The highest BCUT2D eigenvalue weighted by Crippen LogP contribution is 2.33. The molecular formula is C20H19F3N6O2S. The minimum Gasteiger partial charge on any atom is -0.335 e. The van der Waals surface area contributed by atoms with Crippen LogP contribution in [0.15, 0.2) is 48.4 Å². The van der Waals surface area contributed by atoms with Gasteiger partial charge in [-0.25, -0.2) is 9.67 Å². The Balaban J connectivity index is 1.40. The summed E-state index contributed by atoms with van der Waals surface area (Å²) in [6, 6.07) is 6.64. The molecule has 1 fully saturated rings. The van der Waals surface area contributed by atoms with Crippen LogP contribution in [-0.4, -0.2) is 69.1 Å². The standard InChI is InChI=1S/C20H19F3N6O2S/c21-20(22,23)14-3-4-16(29-13-24-12-25-29)15(10-14)26-18(30)11-27-5-7-28(8-6-27)19(31)17-2-1-9-32-17/h1-4,9-10,12-13H,5-8,11H2,(H,26,30). The fourth-order valence-electron chi connectivity index (χ4n) is 3.40. The zero-order valence-corrected chi connectivity index (χ0v) is 17.6. The molecular weight excluding hydrogens is 445 g/mol. The van der Waals surface area contributed by atoms with Gasteiger partial charge >= 0.3 is 6.18 Å². The third-order valence-corrected chi connectivity index (χ3v) is 5.88. The summed E-state index contributed by atoms with van der Waals surface area (Å²) in [6.45, 7) is 1.91. The Morgan fingerprint density at radius 1 is 1.12 bits per heavy atom. The summed E-state index contributed by atoms with van der Waals surface area (Å²) in [6.07, 6.45) is -1.96. The van der Waals surface area contributed by atoms with Crippen LogP contribution in [0.2, 0.25) is 0 Å². The Hall–Kier alpha value is -3.25. The van der Waals surface area contributed by atoms with E-state index in [0.29, 0.717) is 31.1 Å². The first kappa shape index (κ1) is 22.0. The van der Waals surface area contributed by atoms with Crippen molar-refractivity contribution < 1.29 is 22.8 Å². The lowest BCUT2D eigenvalue weighted by Crippen LogP contribution is -2.50. The number of amides is 2. The van der Waals surface area contributed by atoms with Crippen molar-refractivity contribution in [3.8, 4) is 5.69 Å². The first-order valence-corrected chi connectivity index (χ1v) is 10.6. The maximum atomic E-state index is 13.2. The number of carbonyl (C=O) groups is 2. The van der Waals surface area contributed by atoms with Crippen LogP contribution in [0.4, 0.5) is 18.9 Å². The number of piperazine rings is 1. The molecule has 168 valence electrons. The second-order valence-electron chi connectivity index (χ2n) is 7.16. The van der Waals surface area contributed by atoms with E-state index in [4.69, 9.17) is 0 Å². The van der Waals surface area contributed by atoms with Crippen molar-refractivity contribution in [2.24, 2.45) is 0 Å². The minimum absolute atomic E-state index is 0.00588. The lowest BCUT2D eigenvalue weighted by molar-refractivity contribution is -0.137. The van der Waals surface area contributed by atoms with Gasteiger partial charge in [0.05, 0.1) is 28.4 Å². The first-order valence-electron chi connectivity index (χ1n) is 9.72. The number of carbonyl (C=O) groups excluding carboxylic acids is 2. The highest BCUT2D eigenvalue weighted by molar-refractivity contribution is 7.12. The largest absolute Gasteiger partial charge is 0.416 e. The van der Waals surface area contributed by atoms with E-state index in [-0.39, 0.29) is 23.8 Å². The lowest BCUT2D eigenvalue weighted by atomic mass is 10.1. The molecule has 1 aliphatic rings. The van der Waals surface area contributed by atoms with Crippen LogP contribution in [0.5, 0.6) is 0 Å². The normalized spacial score (nSPS) is 15.0. The van der Waals surface area contributed by atoms with E-state index in [1.165, 1.54) is 34.7 Å². The van der Waals surface area contributed by atoms with Gasteiger partial charge in [0.25, 0.3) is 5.91 Å². The highest BCUT2D eigenvalue weighted by Gasteiger charge is 2.31. The molecule has 1 saturated heterocycles. The van der Waals surface area contributed by atoms with Gasteiger partial charge < -0.3 is 10.2 Å². The van der Waals surface area contributed by atoms with E-state index < -0.39 is 17.6 Å². The SMILES string of the molecule is O=C(CN1CCN(C(=O)c2cccs2)CC1)Nc1cc(C(F)(F)F)ccc1-n1cncn1. The maximum absolute atomic E-state index is 13.2. The van der Waals surface area contributed by atoms with Crippen molar-refractivity contribution in [1.82, 2.24) is 24.6 Å². The van der Waals surface area contributed by atoms with Gasteiger partial charge in [0.15, 0.2) is 0 Å². The molecule has 32 heavy (non-hydrogen) atoms. The van der Waals surface area contributed by atoms with Gasteiger partial charge in [0.1, 0.15) is 12.7 Å². The molecule has 0 unspecified atom stereocenters. The molecule has 0 saturated carbocycles. The topological polar surface area (TPSA) is 83.4 Å².